The zero-order chi connectivity index (χ0) is 22.8. The van der Waals surface area contributed by atoms with Crippen molar-refractivity contribution >= 4 is 34.7 Å². The van der Waals surface area contributed by atoms with Crippen molar-refractivity contribution in [2.24, 2.45) is 4.99 Å². The number of hydrogen-bond acceptors (Lipinski definition) is 8. The molecule has 2 aromatic rings. The average Bonchev–Trinajstić information content (AvgIpc) is 3.43. The van der Waals surface area contributed by atoms with Crippen LogP contribution in [0.15, 0.2) is 46.0 Å². The summed E-state index contributed by atoms with van der Waals surface area (Å²) in [5.41, 5.74) is 1.67. The van der Waals surface area contributed by atoms with E-state index in [0.717, 1.165) is 17.1 Å². The number of hydrogen-bond donors (Lipinski definition) is 1. The van der Waals surface area contributed by atoms with Crippen LogP contribution in [0.4, 0.5) is 4.39 Å². The number of aliphatic hydroxyl groups excluding tert-OH is 1. The highest BCUT2D eigenvalue weighted by atomic mass is 35.5. The lowest BCUT2D eigenvalue weighted by Crippen LogP contribution is -2.41. The molecule has 1 aromatic heterocycles. The summed E-state index contributed by atoms with van der Waals surface area (Å²) in [5.74, 6) is -0.301. The summed E-state index contributed by atoms with van der Waals surface area (Å²) in [7, 11) is 1.91. The van der Waals surface area contributed by atoms with Crippen molar-refractivity contribution < 1.29 is 19.0 Å². The first-order valence-electron chi connectivity index (χ1n) is 10.4. The molecule has 0 radical (unpaired) electrons. The van der Waals surface area contributed by atoms with Gasteiger partial charge in [0.25, 0.3) is 0 Å². The monoisotopic (exact) mass is 478 g/mol. The molecule has 10 heteroatoms. The van der Waals surface area contributed by atoms with Crippen LogP contribution < -0.4 is 0 Å². The number of aliphatic imine (C=N–C) groups is 1. The van der Waals surface area contributed by atoms with Crippen molar-refractivity contribution in [3.63, 3.8) is 0 Å². The molecule has 1 saturated heterocycles. The van der Waals surface area contributed by atoms with E-state index in [1.807, 2.05) is 22.2 Å². The Kier molecular flexibility index (Phi) is 6.90. The highest BCUT2D eigenvalue weighted by Crippen LogP contribution is 2.43. The molecule has 0 bridgehead atoms. The van der Waals surface area contributed by atoms with Gasteiger partial charge in [-0.25, -0.2) is 14.2 Å². The van der Waals surface area contributed by atoms with E-state index in [9.17, 15) is 14.3 Å². The molecule has 0 saturated carbocycles. The zero-order valence-electron chi connectivity index (χ0n) is 17.8. The highest BCUT2D eigenvalue weighted by molar-refractivity contribution is 7.11. The van der Waals surface area contributed by atoms with Gasteiger partial charge in [-0.15, -0.1) is 11.3 Å². The first-order chi connectivity index (χ1) is 15.5. The lowest BCUT2D eigenvalue weighted by Gasteiger charge is -2.35. The topological polar surface area (TPSA) is 78.3 Å². The Hall–Kier alpha value is -2.33. The van der Waals surface area contributed by atoms with E-state index in [2.05, 4.69) is 4.98 Å². The van der Waals surface area contributed by atoms with E-state index in [1.54, 1.807) is 19.2 Å². The van der Waals surface area contributed by atoms with Gasteiger partial charge in [-0.05, 0) is 32.5 Å². The van der Waals surface area contributed by atoms with E-state index in [4.69, 9.17) is 21.3 Å². The minimum Gasteiger partial charge on any atom is -0.463 e. The minimum absolute atomic E-state index is 0.00430. The average molecular weight is 479 g/mol. The Morgan fingerprint density at radius 3 is 2.94 bits per heavy atom. The smallest absolute Gasteiger partial charge is 0.338 e. The summed E-state index contributed by atoms with van der Waals surface area (Å²) < 4.78 is 19.2. The Bertz CT molecular complexity index is 1060. The first-order valence-corrected chi connectivity index (χ1v) is 11.6. The third kappa shape index (κ3) is 4.17. The van der Waals surface area contributed by atoms with E-state index < -0.39 is 17.8 Å². The third-order valence-electron chi connectivity index (χ3n) is 5.65. The normalized spacial score (nSPS) is 20.6. The molecule has 4 rings (SSSR count). The van der Waals surface area contributed by atoms with Crippen molar-refractivity contribution in [2.45, 2.75) is 25.4 Å². The Labute approximate surface area is 194 Å². The number of ether oxygens (including phenoxy) is 1. The number of carbonyl (C=O) groups excluding carboxylic acids is 1. The Morgan fingerprint density at radius 1 is 1.47 bits per heavy atom. The molecule has 0 amide bonds. The number of halogens is 2. The van der Waals surface area contributed by atoms with Crippen molar-refractivity contribution in [1.29, 1.82) is 0 Å². The van der Waals surface area contributed by atoms with Gasteiger partial charge in [-0.3, -0.25) is 9.89 Å². The van der Waals surface area contributed by atoms with Gasteiger partial charge < -0.3 is 14.7 Å². The van der Waals surface area contributed by atoms with Gasteiger partial charge in [0.2, 0.25) is 0 Å². The molecular weight excluding hydrogens is 455 g/mol. The summed E-state index contributed by atoms with van der Waals surface area (Å²) in [6, 6.07) is 3.19. The molecule has 2 atom stereocenters. The number of aromatic nitrogens is 1. The van der Waals surface area contributed by atoms with Crippen LogP contribution in [0.25, 0.3) is 0 Å². The summed E-state index contributed by atoms with van der Waals surface area (Å²) >= 11 is 7.87. The van der Waals surface area contributed by atoms with Crippen LogP contribution in [-0.2, 0) is 9.53 Å². The molecule has 2 aliphatic heterocycles. The number of rotatable bonds is 7. The molecule has 1 aromatic carbocycles. The maximum Gasteiger partial charge on any atom is 0.338 e. The lowest BCUT2D eigenvalue weighted by atomic mass is 9.93. The van der Waals surface area contributed by atoms with Gasteiger partial charge in [0.1, 0.15) is 11.9 Å². The number of fused-ring (bicyclic) bond motifs is 1. The molecule has 2 unspecified atom stereocenters. The maximum atomic E-state index is 13.8. The van der Waals surface area contributed by atoms with Crippen molar-refractivity contribution in [2.75, 3.05) is 33.4 Å². The second-order valence-corrected chi connectivity index (χ2v) is 8.84. The quantitative estimate of drug-likeness (QED) is 0.615. The number of nitrogens with zero attached hydrogens (tertiary/aromatic N) is 4. The number of aliphatic hydroxyl groups is 1. The number of esters is 1. The first kappa shape index (κ1) is 22.8. The van der Waals surface area contributed by atoms with E-state index in [0.29, 0.717) is 30.1 Å². The number of carbonyl (C=O) groups is 1. The van der Waals surface area contributed by atoms with Crippen LogP contribution in [0.3, 0.4) is 0 Å². The van der Waals surface area contributed by atoms with Crippen molar-refractivity contribution in [3.8, 4) is 0 Å². The van der Waals surface area contributed by atoms with Gasteiger partial charge in [0, 0.05) is 40.9 Å². The summed E-state index contributed by atoms with van der Waals surface area (Å²) in [6.07, 6.45) is 2.45. The summed E-state index contributed by atoms with van der Waals surface area (Å²) in [6.45, 7) is 3.04. The van der Waals surface area contributed by atoms with Gasteiger partial charge in [0.15, 0.2) is 10.8 Å². The van der Waals surface area contributed by atoms with E-state index >= 15 is 0 Å². The number of amidine groups is 1. The molecular formula is C22H24ClFN4O3S. The SMILES string of the molecule is CCOC(=O)C1=C2C(N(C)CCO)CCN2C(c2nccs2)=NC1c1ccc(F)cc1Cl. The van der Waals surface area contributed by atoms with Crippen LogP contribution in [-0.4, -0.2) is 71.1 Å². The lowest BCUT2D eigenvalue weighted by molar-refractivity contribution is -0.139. The number of thiazole rings is 1. The predicted octanol–water partition coefficient (Wildman–Crippen LogP) is 3.25. The van der Waals surface area contributed by atoms with Gasteiger partial charge in [-0.1, -0.05) is 17.7 Å². The molecule has 1 fully saturated rings. The molecule has 170 valence electrons. The minimum atomic E-state index is -0.768. The molecule has 2 aliphatic rings. The molecule has 0 spiro atoms. The maximum absolute atomic E-state index is 13.8. The third-order valence-corrected chi connectivity index (χ3v) is 6.75. The molecule has 0 aliphatic carbocycles. The van der Waals surface area contributed by atoms with E-state index in [1.165, 1.54) is 23.5 Å². The fraction of sp³-hybridized carbons (Fsp3) is 0.409. The van der Waals surface area contributed by atoms with Crippen LogP contribution in [0.2, 0.25) is 5.02 Å². The van der Waals surface area contributed by atoms with Crippen molar-refractivity contribution in [3.05, 3.63) is 62.5 Å². The molecule has 32 heavy (non-hydrogen) atoms. The zero-order valence-corrected chi connectivity index (χ0v) is 19.4. The molecule has 7 nitrogen and oxygen atoms in total. The summed E-state index contributed by atoms with van der Waals surface area (Å²) in [4.78, 5) is 26.6. The standard InChI is InChI=1S/C22H24ClFN4O3S/c1-3-31-22(30)17-18(14-5-4-13(24)12-15(14)23)26-20(21-25-7-11-32-21)28-8-6-16(19(17)28)27(2)9-10-29/h4-5,7,11-12,16,18,29H,3,6,8-10H2,1-2H3. The van der Waals surface area contributed by atoms with Crippen LogP contribution in [0.5, 0.6) is 0 Å². The van der Waals surface area contributed by atoms with Crippen LogP contribution >= 0.6 is 22.9 Å². The van der Waals surface area contributed by atoms with Crippen molar-refractivity contribution in [1.82, 2.24) is 14.8 Å². The number of likely N-dealkylation sites (N-methyl/N-ethyl adjacent to an activating group) is 1. The second kappa shape index (κ2) is 9.66. The van der Waals surface area contributed by atoms with Gasteiger partial charge in [0.05, 0.1) is 24.8 Å². The van der Waals surface area contributed by atoms with E-state index in [-0.39, 0.29) is 24.3 Å². The fourth-order valence-electron chi connectivity index (χ4n) is 4.25. The van der Waals surface area contributed by atoms with Gasteiger partial charge in [-0.2, -0.15) is 0 Å². The van der Waals surface area contributed by atoms with Crippen LogP contribution in [0.1, 0.15) is 30.0 Å². The van der Waals surface area contributed by atoms with Crippen LogP contribution in [0, 0.1) is 5.82 Å². The second-order valence-electron chi connectivity index (χ2n) is 7.54. The predicted molar refractivity (Wildman–Crippen MR) is 121 cm³/mol. The molecule has 3 heterocycles. The fourth-order valence-corrected chi connectivity index (χ4v) is 5.16. The largest absolute Gasteiger partial charge is 0.463 e. The van der Waals surface area contributed by atoms with Gasteiger partial charge >= 0.3 is 5.97 Å². The highest BCUT2D eigenvalue weighted by Gasteiger charge is 2.44. The Morgan fingerprint density at radius 2 is 2.28 bits per heavy atom. The molecule has 1 N–H and O–H groups in total. The number of benzene rings is 1. The Balaban J connectivity index is 1.93. The summed E-state index contributed by atoms with van der Waals surface area (Å²) in [5, 5.41) is 12.3.